The van der Waals surface area contributed by atoms with Gasteiger partial charge in [-0.2, -0.15) is 13.2 Å². The first-order valence-corrected chi connectivity index (χ1v) is 5.10. The van der Waals surface area contributed by atoms with Crippen molar-refractivity contribution < 1.29 is 17.9 Å². The molecule has 2 N–H and O–H groups in total. The van der Waals surface area contributed by atoms with E-state index in [1.807, 2.05) is 0 Å². The average Bonchev–Trinajstić information content (AvgIpc) is 2.66. The van der Waals surface area contributed by atoms with Crippen molar-refractivity contribution in [3.05, 3.63) is 11.4 Å². The number of ether oxygens (including phenoxy) is 1. The van der Waals surface area contributed by atoms with E-state index in [9.17, 15) is 13.2 Å². The van der Waals surface area contributed by atoms with Crippen molar-refractivity contribution in [1.82, 2.24) is 15.0 Å². The second kappa shape index (κ2) is 5.46. The summed E-state index contributed by atoms with van der Waals surface area (Å²) in [6, 6.07) is -1.72. The Morgan fingerprint density at radius 3 is 2.59 bits per heavy atom. The van der Waals surface area contributed by atoms with Crippen molar-refractivity contribution in [3.8, 4) is 0 Å². The van der Waals surface area contributed by atoms with Gasteiger partial charge in [0.25, 0.3) is 0 Å². The number of nitrogens with two attached hydrogens (primary N) is 1. The molecule has 1 aromatic rings. The molecule has 0 fully saturated rings. The zero-order valence-electron chi connectivity index (χ0n) is 9.66. The molecular weight excluding hydrogens is 237 g/mol. The van der Waals surface area contributed by atoms with E-state index >= 15 is 0 Å². The number of hydrogen-bond acceptors (Lipinski definition) is 4. The molecule has 0 saturated carbocycles. The maximum atomic E-state index is 12.6. The fraction of sp³-hybridized carbons (Fsp3) is 0.778. The summed E-state index contributed by atoms with van der Waals surface area (Å²) >= 11 is 0. The Morgan fingerprint density at radius 2 is 2.12 bits per heavy atom. The van der Waals surface area contributed by atoms with Crippen LogP contribution in [-0.2, 0) is 17.7 Å². The molecule has 1 heterocycles. The van der Waals surface area contributed by atoms with E-state index in [4.69, 9.17) is 10.5 Å². The highest BCUT2D eigenvalue weighted by Gasteiger charge is 2.39. The second-order valence-electron chi connectivity index (χ2n) is 3.59. The lowest BCUT2D eigenvalue weighted by molar-refractivity contribution is -0.166. The van der Waals surface area contributed by atoms with Crippen molar-refractivity contribution >= 4 is 0 Å². The third kappa shape index (κ3) is 3.16. The molecule has 8 heteroatoms. The molecule has 0 aliphatic carbocycles. The Balaban J connectivity index is 3.02. The maximum Gasteiger partial charge on any atom is 0.410 e. The van der Waals surface area contributed by atoms with Crippen LogP contribution in [0.25, 0.3) is 0 Å². The molecule has 1 unspecified atom stereocenters. The van der Waals surface area contributed by atoms with Crippen molar-refractivity contribution in [1.29, 1.82) is 0 Å². The molecule has 0 amide bonds. The second-order valence-corrected chi connectivity index (χ2v) is 3.59. The summed E-state index contributed by atoms with van der Waals surface area (Å²) in [7, 11) is 1.48. The Bertz CT molecular complexity index is 364. The standard InChI is InChI=1S/C9H15F3N4O/c1-6(9(10,11)12)16-8(3-4-17-2)7(5-13)14-15-16/h6H,3-5,13H2,1-2H3. The molecule has 0 bridgehead atoms. The van der Waals surface area contributed by atoms with Crippen LogP contribution in [0.5, 0.6) is 0 Å². The number of hydrogen-bond donors (Lipinski definition) is 1. The van der Waals surface area contributed by atoms with Gasteiger partial charge in [-0.25, -0.2) is 4.68 Å². The van der Waals surface area contributed by atoms with Gasteiger partial charge in [0.15, 0.2) is 0 Å². The summed E-state index contributed by atoms with van der Waals surface area (Å²) in [5.41, 5.74) is 6.15. The van der Waals surface area contributed by atoms with Crippen molar-refractivity contribution in [2.45, 2.75) is 32.1 Å². The molecule has 0 aliphatic rings. The summed E-state index contributed by atoms with van der Waals surface area (Å²) in [5, 5.41) is 7.17. The van der Waals surface area contributed by atoms with Gasteiger partial charge in [-0.1, -0.05) is 5.21 Å². The highest BCUT2D eigenvalue weighted by molar-refractivity contribution is 5.11. The van der Waals surface area contributed by atoms with Gasteiger partial charge in [-0.05, 0) is 6.92 Å². The number of halogens is 3. The monoisotopic (exact) mass is 252 g/mol. The Morgan fingerprint density at radius 1 is 1.47 bits per heavy atom. The number of alkyl halides is 3. The molecule has 5 nitrogen and oxygen atoms in total. The molecule has 0 aliphatic heterocycles. The molecule has 0 saturated heterocycles. The topological polar surface area (TPSA) is 66.0 Å². The van der Waals surface area contributed by atoms with Crippen LogP contribution >= 0.6 is 0 Å². The lowest BCUT2D eigenvalue weighted by Gasteiger charge is -2.18. The average molecular weight is 252 g/mol. The van der Waals surface area contributed by atoms with Crippen LogP contribution in [-0.4, -0.2) is 34.9 Å². The van der Waals surface area contributed by atoms with E-state index in [2.05, 4.69) is 10.3 Å². The van der Waals surface area contributed by atoms with Gasteiger partial charge in [-0.3, -0.25) is 0 Å². The Labute approximate surface area is 96.7 Å². The normalized spacial score (nSPS) is 14.0. The fourth-order valence-corrected chi connectivity index (χ4v) is 1.41. The Hall–Kier alpha value is -1.15. The minimum atomic E-state index is -4.36. The molecule has 98 valence electrons. The highest BCUT2D eigenvalue weighted by Crippen LogP contribution is 2.30. The van der Waals surface area contributed by atoms with Gasteiger partial charge in [0.2, 0.25) is 0 Å². The first-order valence-electron chi connectivity index (χ1n) is 5.10. The lowest BCUT2D eigenvalue weighted by Crippen LogP contribution is -2.26. The molecule has 17 heavy (non-hydrogen) atoms. The van der Waals surface area contributed by atoms with E-state index in [-0.39, 0.29) is 6.54 Å². The highest BCUT2D eigenvalue weighted by atomic mass is 19.4. The molecular formula is C9H15F3N4O. The van der Waals surface area contributed by atoms with Crippen LogP contribution in [0.3, 0.4) is 0 Å². The number of aromatic nitrogens is 3. The van der Waals surface area contributed by atoms with Crippen molar-refractivity contribution in [3.63, 3.8) is 0 Å². The molecule has 1 rings (SSSR count). The van der Waals surface area contributed by atoms with E-state index < -0.39 is 12.2 Å². The lowest BCUT2D eigenvalue weighted by atomic mass is 10.2. The minimum absolute atomic E-state index is 0.0592. The largest absolute Gasteiger partial charge is 0.410 e. The summed E-state index contributed by atoms with van der Waals surface area (Å²) in [6.45, 7) is 1.39. The van der Waals surface area contributed by atoms with Crippen LogP contribution < -0.4 is 5.73 Å². The van der Waals surface area contributed by atoms with E-state index in [1.54, 1.807) is 0 Å². The van der Waals surface area contributed by atoms with E-state index in [1.165, 1.54) is 7.11 Å². The number of rotatable bonds is 5. The predicted molar refractivity (Wildman–Crippen MR) is 54.3 cm³/mol. The molecule has 1 atom stereocenters. The zero-order chi connectivity index (χ0) is 13.1. The number of nitrogens with zero attached hydrogens (tertiary/aromatic N) is 3. The maximum absolute atomic E-state index is 12.6. The smallest absolute Gasteiger partial charge is 0.384 e. The van der Waals surface area contributed by atoms with Gasteiger partial charge in [0, 0.05) is 20.1 Å². The summed E-state index contributed by atoms with van der Waals surface area (Å²) in [6.07, 6.45) is -4.06. The van der Waals surface area contributed by atoms with E-state index in [0.29, 0.717) is 24.4 Å². The molecule has 1 aromatic heterocycles. The van der Waals surface area contributed by atoms with Gasteiger partial charge >= 0.3 is 6.18 Å². The quantitative estimate of drug-likeness (QED) is 0.850. The minimum Gasteiger partial charge on any atom is -0.384 e. The van der Waals surface area contributed by atoms with Gasteiger partial charge in [0.1, 0.15) is 6.04 Å². The van der Waals surface area contributed by atoms with E-state index in [0.717, 1.165) is 11.6 Å². The van der Waals surface area contributed by atoms with Crippen molar-refractivity contribution in [2.24, 2.45) is 5.73 Å². The van der Waals surface area contributed by atoms with Crippen LogP contribution in [0, 0.1) is 0 Å². The third-order valence-corrected chi connectivity index (χ3v) is 2.45. The van der Waals surface area contributed by atoms with Crippen molar-refractivity contribution in [2.75, 3.05) is 13.7 Å². The molecule has 0 aromatic carbocycles. The van der Waals surface area contributed by atoms with Gasteiger partial charge in [0.05, 0.1) is 18.0 Å². The summed E-state index contributed by atoms with van der Waals surface area (Å²) in [4.78, 5) is 0. The predicted octanol–water partition coefficient (Wildman–Crippen LogP) is 1.05. The van der Waals surface area contributed by atoms with Crippen LogP contribution in [0.15, 0.2) is 0 Å². The van der Waals surface area contributed by atoms with Crippen LogP contribution in [0.2, 0.25) is 0 Å². The third-order valence-electron chi connectivity index (χ3n) is 2.45. The SMILES string of the molecule is COCCc1c(CN)nnn1C(C)C(F)(F)F. The van der Waals surface area contributed by atoms with Gasteiger partial charge < -0.3 is 10.5 Å². The number of methoxy groups -OCH3 is 1. The summed E-state index contributed by atoms with van der Waals surface area (Å²) in [5.74, 6) is 0. The van der Waals surface area contributed by atoms with Crippen LogP contribution in [0.4, 0.5) is 13.2 Å². The molecule has 0 radical (unpaired) electrons. The first kappa shape index (κ1) is 13.9. The Kier molecular flexibility index (Phi) is 4.47. The summed E-state index contributed by atoms with van der Waals surface area (Å²) < 4.78 is 43.5. The van der Waals surface area contributed by atoms with Gasteiger partial charge in [-0.15, -0.1) is 5.10 Å². The van der Waals surface area contributed by atoms with Crippen LogP contribution in [0.1, 0.15) is 24.4 Å². The first-order chi connectivity index (χ1) is 7.91. The fourth-order valence-electron chi connectivity index (χ4n) is 1.41. The molecule has 0 spiro atoms. The zero-order valence-corrected chi connectivity index (χ0v) is 9.66.